The summed E-state index contributed by atoms with van der Waals surface area (Å²) < 4.78 is 42.8. The van der Waals surface area contributed by atoms with E-state index in [2.05, 4.69) is 14.9 Å². The number of halogens is 3. The lowest BCUT2D eigenvalue weighted by Crippen LogP contribution is -2.07. The van der Waals surface area contributed by atoms with Crippen LogP contribution >= 0.6 is 11.8 Å². The first-order valence-electron chi connectivity index (χ1n) is 6.09. The molecule has 22 heavy (non-hydrogen) atoms. The van der Waals surface area contributed by atoms with Gasteiger partial charge in [0.1, 0.15) is 5.03 Å². The Kier molecular flexibility index (Phi) is 4.70. The molecule has 0 unspecified atom stereocenters. The van der Waals surface area contributed by atoms with Gasteiger partial charge in [0, 0.05) is 4.90 Å². The molecule has 116 valence electrons. The van der Waals surface area contributed by atoms with Crippen molar-refractivity contribution in [3.05, 3.63) is 47.2 Å². The van der Waals surface area contributed by atoms with Crippen molar-refractivity contribution >= 4 is 17.7 Å². The topological polar surface area (TPSA) is 52.1 Å². The number of methoxy groups -OCH3 is 1. The number of carbonyl (C=O) groups is 1. The Morgan fingerprint density at radius 1 is 1.23 bits per heavy atom. The molecule has 2 aromatic rings. The van der Waals surface area contributed by atoms with Crippen LogP contribution < -0.4 is 0 Å². The standard InChI is InChI=1S/C14H11F3N2O2S/c1-8-6-11(13(20)21-2)12(19-18-8)22-10-5-3-4-9(7-10)14(15,16)17/h3-7H,1-2H3. The molecule has 0 spiro atoms. The first-order valence-corrected chi connectivity index (χ1v) is 6.90. The van der Waals surface area contributed by atoms with Crippen LogP contribution in [0.25, 0.3) is 0 Å². The number of nitrogens with zero attached hydrogens (tertiary/aromatic N) is 2. The Morgan fingerprint density at radius 2 is 1.95 bits per heavy atom. The molecule has 4 nitrogen and oxygen atoms in total. The van der Waals surface area contributed by atoms with E-state index in [-0.39, 0.29) is 10.6 Å². The zero-order chi connectivity index (χ0) is 16.3. The van der Waals surface area contributed by atoms with Gasteiger partial charge in [0.05, 0.1) is 23.9 Å². The maximum Gasteiger partial charge on any atom is 0.416 e. The summed E-state index contributed by atoms with van der Waals surface area (Å²) in [5, 5.41) is 7.88. The number of benzene rings is 1. The molecule has 2 rings (SSSR count). The van der Waals surface area contributed by atoms with Crippen molar-refractivity contribution in [1.82, 2.24) is 10.2 Å². The minimum absolute atomic E-state index is 0.164. The zero-order valence-electron chi connectivity index (χ0n) is 11.6. The van der Waals surface area contributed by atoms with Crippen LogP contribution in [0.15, 0.2) is 40.3 Å². The van der Waals surface area contributed by atoms with Crippen molar-refractivity contribution in [2.24, 2.45) is 0 Å². The number of hydrogen-bond donors (Lipinski definition) is 0. The first kappa shape index (κ1) is 16.3. The van der Waals surface area contributed by atoms with Crippen LogP contribution in [0.2, 0.25) is 0 Å². The van der Waals surface area contributed by atoms with E-state index < -0.39 is 17.7 Å². The average molecular weight is 328 g/mol. The number of hydrogen-bond acceptors (Lipinski definition) is 5. The van der Waals surface area contributed by atoms with Crippen LogP contribution in [0, 0.1) is 6.92 Å². The van der Waals surface area contributed by atoms with Gasteiger partial charge >= 0.3 is 12.1 Å². The second kappa shape index (κ2) is 6.35. The Hall–Kier alpha value is -2.09. The molecule has 1 heterocycles. The molecule has 1 aromatic heterocycles. The predicted molar refractivity (Wildman–Crippen MR) is 73.7 cm³/mol. The van der Waals surface area contributed by atoms with Crippen LogP contribution in [-0.2, 0) is 10.9 Å². The minimum atomic E-state index is -4.43. The number of esters is 1. The maximum atomic E-state index is 12.7. The van der Waals surface area contributed by atoms with Crippen LogP contribution in [0.5, 0.6) is 0 Å². The van der Waals surface area contributed by atoms with E-state index in [9.17, 15) is 18.0 Å². The fourth-order valence-electron chi connectivity index (χ4n) is 1.66. The lowest BCUT2D eigenvalue weighted by Gasteiger charge is -2.09. The molecule has 0 fully saturated rings. The number of ether oxygens (including phenoxy) is 1. The number of alkyl halides is 3. The average Bonchev–Trinajstić information content (AvgIpc) is 2.47. The van der Waals surface area contributed by atoms with Crippen LogP contribution in [0.3, 0.4) is 0 Å². The van der Waals surface area contributed by atoms with E-state index in [4.69, 9.17) is 0 Å². The zero-order valence-corrected chi connectivity index (χ0v) is 12.5. The van der Waals surface area contributed by atoms with E-state index in [0.717, 1.165) is 23.9 Å². The molecule has 0 N–H and O–H groups in total. The van der Waals surface area contributed by atoms with Gasteiger partial charge in [-0.3, -0.25) is 0 Å². The Labute approximate surface area is 128 Å². The van der Waals surface area contributed by atoms with Crippen molar-refractivity contribution in [2.75, 3.05) is 7.11 Å². The Morgan fingerprint density at radius 3 is 2.59 bits per heavy atom. The van der Waals surface area contributed by atoms with Crippen molar-refractivity contribution in [1.29, 1.82) is 0 Å². The lowest BCUT2D eigenvalue weighted by molar-refractivity contribution is -0.137. The molecule has 0 aliphatic carbocycles. The normalized spacial score (nSPS) is 11.3. The molecule has 1 aromatic carbocycles. The molecule has 0 atom stereocenters. The van der Waals surface area contributed by atoms with E-state index in [1.807, 2.05) is 0 Å². The summed E-state index contributed by atoms with van der Waals surface area (Å²) in [7, 11) is 1.22. The maximum absolute atomic E-state index is 12.7. The van der Waals surface area contributed by atoms with E-state index in [1.165, 1.54) is 25.3 Å². The van der Waals surface area contributed by atoms with Crippen LogP contribution in [-0.4, -0.2) is 23.3 Å². The highest BCUT2D eigenvalue weighted by atomic mass is 32.2. The van der Waals surface area contributed by atoms with Gasteiger partial charge in [0.25, 0.3) is 0 Å². The molecule has 0 saturated carbocycles. The van der Waals surface area contributed by atoms with Gasteiger partial charge in [-0.2, -0.15) is 18.3 Å². The molecule has 0 amide bonds. The third-order valence-electron chi connectivity index (χ3n) is 2.66. The van der Waals surface area contributed by atoms with Gasteiger partial charge in [-0.15, -0.1) is 5.10 Å². The smallest absolute Gasteiger partial charge is 0.416 e. The summed E-state index contributed by atoms with van der Waals surface area (Å²) in [6, 6.07) is 6.25. The van der Waals surface area contributed by atoms with Crippen molar-refractivity contribution in [3.8, 4) is 0 Å². The van der Waals surface area contributed by atoms with Gasteiger partial charge < -0.3 is 4.74 Å². The van der Waals surface area contributed by atoms with Gasteiger partial charge in [-0.1, -0.05) is 17.8 Å². The SMILES string of the molecule is COC(=O)c1cc(C)nnc1Sc1cccc(C(F)(F)F)c1. The first-order chi connectivity index (χ1) is 10.3. The number of aromatic nitrogens is 2. The van der Waals surface area contributed by atoms with Crippen LogP contribution in [0.1, 0.15) is 21.6 Å². The highest BCUT2D eigenvalue weighted by Gasteiger charge is 2.30. The fraction of sp³-hybridized carbons (Fsp3) is 0.214. The summed E-state index contributed by atoms with van der Waals surface area (Å²) in [4.78, 5) is 12.0. The largest absolute Gasteiger partial charge is 0.465 e. The number of aryl methyl sites for hydroxylation is 1. The minimum Gasteiger partial charge on any atom is -0.465 e. The lowest BCUT2D eigenvalue weighted by atomic mass is 10.2. The van der Waals surface area contributed by atoms with Gasteiger partial charge in [-0.05, 0) is 31.2 Å². The molecule has 0 saturated heterocycles. The summed E-state index contributed by atoms with van der Waals surface area (Å²) in [5.74, 6) is -0.618. The fourth-order valence-corrected chi connectivity index (χ4v) is 2.55. The molecule has 8 heteroatoms. The van der Waals surface area contributed by atoms with Crippen LogP contribution in [0.4, 0.5) is 13.2 Å². The molecule has 0 aliphatic rings. The summed E-state index contributed by atoms with van der Waals surface area (Å²) in [6.45, 7) is 1.65. The van der Waals surface area contributed by atoms with E-state index >= 15 is 0 Å². The molecular formula is C14H11F3N2O2S. The van der Waals surface area contributed by atoms with Crippen molar-refractivity contribution in [2.45, 2.75) is 23.0 Å². The summed E-state index contributed by atoms with van der Waals surface area (Å²) in [5.41, 5.74) is -0.0941. The highest BCUT2D eigenvalue weighted by molar-refractivity contribution is 7.99. The van der Waals surface area contributed by atoms with Gasteiger partial charge in [-0.25, -0.2) is 4.79 Å². The number of carbonyl (C=O) groups excluding carboxylic acids is 1. The molecule has 0 radical (unpaired) electrons. The summed E-state index contributed by atoms with van der Waals surface area (Å²) in [6.07, 6.45) is -4.43. The molecule has 0 bridgehead atoms. The number of rotatable bonds is 3. The Balaban J connectivity index is 2.37. The third-order valence-corrected chi connectivity index (χ3v) is 3.65. The van der Waals surface area contributed by atoms with Gasteiger partial charge in [0.15, 0.2) is 0 Å². The highest BCUT2D eigenvalue weighted by Crippen LogP contribution is 2.34. The monoisotopic (exact) mass is 328 g/mol. The molecule has 0 aliphatic heterocycles. The third kappa shape index (κ3) is 3.76. The second-order valence-electron chi connectivity index (χ2n) is 4.32. The summed E-state index contributed by atoms with van der Waals surface area (Å²) >= 11 is 0.922. The van der Waals surface area contributed by atoms with E-state index in [1.54, 1.807) is 6.92 Å². The van der Waals surface area contributed by atoms with Crippen molar-refractivity contribution < 1.29 is 22.7 Å². The van der Waals surface area contributed by atoms with Crippen molar-refractivity contribution in [3.63, 3.8) is 0 Å². The second-order valence-corrected chi connectivity index (χ2v) is 5.39. The predicted octanol–water partition coefficient (Wildman–Crippen LogP) is 3.74. The van der Waals surface area contributed by atoms with E-state index in [0.29, 0.717) is 10.6 Å². The quantitative estimate of drug-likeness (QED) is 0.803. The Bertz CT molecular complexity index is 705. The molecular weight excluding hydrogens is 317 g/mol. The van der Waals surface area contributed by atoms with Gasteiger partial charge in [0.2, 0.25) is 0 Å².